The predicted molar refractivity (Wildman–Crippen MR) is 51.8 cm³/mol. The van der Waals surface area contributed by atoms with Gasteiger partial charge >= 0.3 is 11.9 Å². The van der Waals surface area contributed by atoms with Crippen molar-refractivity contribution in [1.29, 1.82) is 0 Å². The number of hydrogen-bond acceptors (Lipinski definition) is 4. The van der Waals surface area contributed by atoms with Crippen LogP contribution in [0.1, 0.15) is 19.8 Å². The Morgan fingerprint density at radius 2 is 1.79 bits per heavy atom. The monoisotopic (exact) mass is 206 g/mol. The molecule has 0 radical (unpaired) electrons. The van der Waals surface area contributed by atoms with Gasteiger partial charge in [0.25, 0.3) is 0 Å². The lowest BCUT2D eigenvalue weighted by Gasteiger charge is -1.96. The molecule has 14 heavy (non-hydrogen) atoms. The third kappa shape index (κ3) is 13.4. The summed E-state index contributed by atoms with van der Waals surface area (Å²) in [7, 11) is 0. The molecule has 0 aliphatic rings. The first-order chi connectivity index (χ1) is 6.45. The minimum absolute atomic E-state index is 0.191. The molecule has 0 saturated heterocycles. The van der Waals surface area contributed by atoms with Gasteiger partial charge in [-0.3, -0.25) is 9.59 Å². The second kappa shape index (κ2) is 9.94. The average Bonchev–Trinajstić information content (AvgIpc) is 2.14. The van der Waals surface area contributed by atoms with Gasteiger partial charge in [0.05, 0.1) is 5.92 Å². The fraction of sp³-hybridized carbons (Fsp3) is 0.750. The van der Waals surface area contributed by atoms with Crippen LogP contribution in [0.5, 0.6) is 0 Å². The molecule has 0 fully saturated rings. The number of aliphatic carboxylic acids is 2. The highest BCUT2D eigenvalue weighted by Crippen LogP contribution is 1.87. The van der Waals surface area contributed by atoms with Crippen LogP contribution < -0.4 is 11.5 Å². The van der Waals surface area contributed by atoms with Gasteiger partial charge in [-0.1, -0.05) is 6.92 Å². The van der Waals surface area contributed by atoms with Crippen LogP contribution in [0.3, 0.4) is 0 Å². The third-order valence-electron chi connectivity index (χ3n) is 1.37. The molecule has 0 rings (SSSR count). The molecule has 0 spiro atoms. The van der Waals surface area contributed by atoms with Crippen molar-refractivity contribution in [2.75, 3.05) is 13.1 Å². The zero-order valence-electron chi connectivity index (χ0n) is 8.27. The second-order valence-electron chi connectivity index (χ2n) is 2.76. The molecule has 1 unspecified atom stereocenters. The maximum absolute atomic E-state index is 9.85. The Balaban J connectivity index is 0. The van der Waals surface area contributed by atoms with Crippen molar-refractivity contribution in [2.45, 2.75) is 19.8 Å². The van der Waals surface area contributed by atoms with Crippen LogP contribution in [0.4, 0.5) is 0 Å². The topological polar surface area (TPSA) is 127 Å². The first-order valence-electron chi connectivity index (χ1n) is 4.30. The number of carbonyl (C=O) groups is 2. The van der Waals surface area contributed by atoms with E-state index in [0.717, 1.165) is 0 Å². The van der Waals surface area contributed by atoms with Crippen molar-refractivity contribution in [1.82, 2.24) is 0 Å². The third-order valence-corrected chi connectivity index (χ3v) is 1.37. The lowest BCUT2D eigenvalue weighted by Crippen LogP contribution is -2.19. The summed E-state index contributed by atoms with van der Waals surface area (Å²) >= 11 is 0. The van der Waals surface area contributed by atoms with E-state index in [1.54, 1.807) is 6.92 Å². The van der Waals surface area contributed by atoms with Crippen molar-refractivity contribution in [2.24, 2.45) is 17.4 Å². The van der Waals surface area contributed by atoms with Crippen LogP contribution in [-0.2, 0) is 9.59 Å². The van der Waals surface area contributed by atoms with Gasteiger partial charge in [-0.25, -0.2) is 0 Å². The quantitative estimate of drug-likeness (QED) is 0.479. The van der Waals surface area contributed by atoms with Gasteiger partial charge < -0.3 is 21.7 Å². The van der Waals surface area contributed by atoms with Crippen molar-refractivity contribution >= 4 is 11.9 Å². The molecule has 6 nitrogen and oxygen atoms in total. The first kappa shape index (κ1) is 15.3. The smallest absolute Gasteiger partial charge is 0.307 e. The maximum atomic E-state index is 9.85. The maximum Gasteiger partial charge on any atom is 0.307 e. The Morgan fingerprint density at radius 3 is 1.86 bits per heavy atom. The van der Waals surface area contributed by atoms with E-state index in [0.29, 0.717) is 13.0 Å². The van der Waals surface area contributed by atoms with Crippen molar-refractivity contribution < 1.29 is 19.8 Å². The van der Waals surface area contributed by atoms with Crippen LogP contribution in [0, 0.1) is 5.92 Å². The fourth-order valence-corrected chi connectivity index (χ4v) is 0.354. The highest BCUT2D eigenvalue weighted by molar-refractivity contribution is 5.69. The molecular weight excluding hydrogens is 188 g/mol. The fourth-order valence-electron chi connectivity index (χ4n) is 0.354. The molecule has 6 N–H and O–H groups in total. The van der Waals surface area contributed by atoms with E-state index >= 15 is 0 Å². The second-order valence-corrected chi connectivity index (χ2v) is 2.76. The summed E-state index contributed by atoms with van der Waals surface area (Å²) in [6, 6.07) is 0. The minimum Gasteiger partial charge on any atom is -0.481 e. The van der Waals surface area contributed by atoms with Gasteiger partial charge in [-0.15, -0.1) is 0 Å². The van der Waals surface area contributed by atoms with Crippen molar-refractivity contribution in [3.63, 3.8) is 0 Å². The van der Waals surface area contributed by atoms with E-state index in [9.17, 15) is 9.59 Å². The molecule has 0 aliphatic heterocycles. The number of hydrogen-bond donors (Lipinski definition) is 4. The summed E-state index contributed by atoms with van der Waals surface area (Å²) in [5.41, 5.74) is 10.0. The zero-order valence-corrected chi connectivity index (χ0v) is 8.27. The Morgan fingerprint density at radius 1 is 1.29 bits per heavy atom. The van der Waals surface area contributed by atoms with Crippen LogP contribution in [-0.4, -0.2) is 35.2 Å². The molecule has 6 heteroatoms. The molecule has 0 aromatic rings. The van der Waals surface area contributed by atoms with E-state index in [1.165, 1.54) is 0 Å². The lowest BCUT2D eigenvalue weighted by molar-refractivity contribution is -0.141. The van der Waals surface area contributed by atoms with E-state index in [4.69, 9.17) is 21.7 Å². The van der Waals surface area contributed by atoms with Crippen LogP contribution >= 0.6 is 0 Å². The molecule has 0 heterocycles. The largest absolute Gasteiger partial charge is 0.481 e. The summed E-state index contributed by atoms with van der Waals surface area (Å²) in [6.45, 7) is 2.25. The van der Waals surface area contributed by atoms with Gasteiger partial charge in [0.15, 0.2) is 0 Å². The highest BCUT2D eigenvalue weighted by Gasteiger charge is 2.05. The van der Waals surface area contributed by atoms with Gasteiger partial charge in [-0.2, -0.15) is 0 Å². The Labute approximate surface area is 82.9 Å². The highest BCUT2D eigenvalue weighted by atomic mass is 16.4. The lowest BCUT2D eigenvalue weighted by atomic mass is 10.2. The standard InChI is InChI=1S/2C4H9NO2/c1-3(2-5)4(6)7;5-3-1-2-4(6)7/h3H,2,5H2,1H3,(H,6,7);1-3,5H2,(H,6,7). The molecule has 0 aliphatic carbocycles. The summed E-state index contributed by atoms with van der Waals surface area (Å²) in [4.78, 5) is 19.6. The first-order valence-corrected chi connectivity index (χ1v) is 4.30. The number of carboxylic acid groups (broad SMARTS) is 2. The van der Waals surface area contributed by atoms with Gasteiger partial charge in [0.1, 0.15) is 0 Å². The van der Waals surface area contributed by atoms with E-state index in [-0.39, 0.29) is 13.0 Å². The summed E-state index contributed by atoms with van der Waals surface area (Å²) in [5.74, 6) is -2.01. The van der Waals surface area contributed by atoms with Crippen LogP contribution in [0.15, 0.2) is 0 Å². The molecular formula is C8H18N2O4. The number of rotatable bonds is 5. The van der Waals surface area contributed by atoms with E-state index < -0.39 is 17.9 Å². The van der Waals surface area contributed by atoms with Gasteiger partial charge in [0.2, 0.25) is 0 Å². The molecule has 0 amide bonds. The van der Waals surface area contributed by atoms with Gasteiger partial charge in [0, 0.05) is 13.0 Å². The molecule has 84 valence electrons. The van der Waals surface area contributed by atoms with Gasteiger partial charge in [-0.05, 0) is 13.0 Å². The van der Waals surface area contributed by atoms with E-state index in [2.05, 4.69) is 0 Å². The molecule has 0 saturated carbocycles. The van der Waals surface area contributed by atoms with Crippen molar-refractivity contribution in [3.8, 4) is 0 Å². The summed E-state index contributed by atoms with van der Waals surface area (Å²) < 4.78 is 0. The molecule has 0 aromatic heterocycles. The summed E-state index contributed by atoms with van der Waals surface area (Å²) in [5, 5.41) is 16.1. The zero-order chi connectivity index (χ0) is 11.6. The molecule has 0 aromatic carbocycles. The predicted octanol–water partition coefficient (Wildman–Crippen LogP) is -0.524. The minimum atomic E-state index is -0.831. The number of nitrogens with two attached hydrogens (primary N) is 2. The molecule has 1 atom stereocenters. The molecule has 0 bridgehead atoms. The Bertz CT molecular complexity index is 173. The van der Waals surface area contributed by atoms with Crippen LogP contribution in [0.25, 0.3) is 0 Å². The SMILES string of the molecule is CC(CN)C(=O)O.NCCCC(=O)O. The summed E-state index contributed by atoms with van der Waals surface area (Å²) in [6.07, 6.45) is 0.770. The average molecular weight is 206 g/mol. The van der Waals surface area contributed by atoms with Crippen molar-refractivity contribution in [3.05, 3.63) is 0 Å². The normalized spacial score (nSPS) is 11.1. The Kier molecular flexibility index (Phi) is 10.9. The Hall–Kier alpha value is -1.14. The number of carboxylic acids is 2. The van der Waals surface area contributed by atoms with E-state index in [1.807, 2.05) is 0 Å². The van der Waals surface area contributed by atoms with Crippen LogP contribution in [0.2, 0.25) is 0 Å².